The number of halogens is 2. The van der Waals surface area contributed by atoms with E-state index in [9.17, 15) is 0 Å². The second kappa shape index (κ2) is 4.34. The molecule has 2 nitrogen and oxygen atoms in total. The molecule has 3 unspecified atom stereocenters. The lowest BCUT2D eigenvalue weighted by Gasteiger charge is -2.15. The third kappa shape index (κ3) is 3.26. The van der Waals surface area contributed by atoms with Gasteiger partial charge in [-0.3, -0.25) is 0 Å². The van der Waals surface area contributed by atoms with Crippen molar-refractivity contribution in [3.05, 3.63) is 0 Å². The number of aliphatic hydroxyl groups excluding tert-OH is 2. The molecule has 0 aromatic rings. The van der Waals surface area contributed by atoms with Crippen molar-refractivity contribution in [1.29, 1.82) is 0 Å². The Morgan fingerprint density at radius 3 is 2.00 bits per heavy atom. The topological polar surface area (TPSA) is 40.5 Å². The summed E-state index contributed by atoms with van der Waals surface area (Å²) in [6.45, 7) is 1.37. The largest absolute Gasteiger partial charge is 0.395 e. The summed E-state index contributed by atoms with van der Waals surface area (Å²) in [5.41, 5.74) is 0. The van der Waals surface area contributed by atoms with Crippen LogP contribution < -0.4 is 0 Å². The SMILES string of the molecule is CC(Cl)C(O)C(Cl)CO. The Hall–Kier alpha value is 0.500. The van der Waals surface area contributed by atoms with Crippen molar-refractivity contribution in [2.75, 3.05) is 6.61 Å². The van der Waals surface area contributed by atoms with Crippen molar-refractivity contribution < 1.29 is 10.2 Å². The van der Waals surface area contributed by atoms with Gasteiger partial charge in [0.25, 0.3) is 0 Å². The van der Waals surface area contributed by atoms with Gasteiger partial charge in [0.05, 0.1) is 23.5 Å². The summed E-state index contributed by atoms with van der Waals surface area (Å²) in [5, 5.41) is 16.3. The van der Waals surface area contributed by atoms with Crippen LogP contribution in [-0.4, -0.2) is 33.7 Å². The molecule has 0 radical (unpaired) electrons. The van der Waals surface area contributed by atoms with Crippen molar-refractivity contribution in [1.82, 2.24) is 0 Å². The molecular weight excluding hydrogens is 163 g/mol. The highest BCUT2D eigenvalue weighted by atomic mass is 35.5. The van der Waals surface area contributed by atoms with E-state index in [4.69, 9.17) is 33.4 Å². The molecule has 0 aromatic heterocycles. The fourth-order valence-electron chi connectivity index (χ4n) is 0.396. The van der Waals surface area contributed by atoms with Gasteiger partial charge in [-0.25, -0.2) is 0 Å². The molecule has 9 heavy (non-hydrogen) atoms. The first-order valence-electron chi connectivity index (χ1n) is 2.66. The van der Waals surface area contributed by atoms with E-state index in [1.165, 1.54) is 0 Å². The van der Waals surface area contributed by atoms with E-state index in [1.54, 1.807) is 6.92 Å². The minimum absolute atomic E-state index is 0.250. The molecule has 0 spiro atoms. The molecule has 0 bridgehead atoms. The summed E-state index contributed by atoms with van der Waals surface area (Å²) in [4.78, 5) is 0. The minimum atomic E-state index is -0.835. The first kappa shape index (κ1) is 9.50. The summed E-state index contributed by atoms with van der Waals surface area (Å²) in [6, 6.07) is 0. The first-order chi connectivity index (χ1) is 4.09. The average Bonchev–Trinajstić information content (AvgIpc) is 1.84. The highest BCUT2D eigenvalue weighted by molar-refractivity contribution is 6.24. The van der Waals surface area contributed by atoms with Crippen LogP contribution in [-0.2, 0) is 0 Å². The van der Waals surface area contributed by atoms with Gasteiger partial charge >= 0.3 is 0 Å². The second-order valence-corrected chi connectivity index (χ2v) is 3.12. The van der Waals surface area contributed by atoms with Gasteiger partial charge in [-0.15, -0.1) is 23.2 Å². The molecule has 4 heteroatoms. The first-order valence-corrected chi connectivity index (χ1v) is 3.54. The van der Waals surface area contributed by atoms with Gasteiger partial charge in [-0.1, -0.05) is 0 Å². The van der Waals surface area contributed by atoms with Crippen LogP contribution in [0.1, 0.15) is 6.92 Å². The zero-order chi connectivity index (χ0) is 7.44. The van der Waals surface area contributed by atoms with Crippen molar-refractivity contribution >= 4 is 23.2 Å². The van der Waals surface area contributed by atoms with Crippen LogP contribution in [0.2, 0.25) is 0 Å². The summed E-state index contributed by atoms with van der Waals surface area (Å²) < 4.78 is 0. The maximum atomic E-state index is 8.97. The summed E-state index contributed by atoms with van der Waals surface area (Å²) in [6.07, 6.45) is -0.835. The second-order valence-electron chi connectivity index (χ2n) is 1.87. The average molecular weight is 173 g/mol. The molecule has 0 saturated carbocycles. The monoisotopic (exact) mass is 172 g/mol. The van der Waals surface area contributed by atoms with Gasteiger partial charge in [-0.05, 0) is 6.92 Å². The molecule has 2 N–H and O–H groups in total. The Morgan fingerprint density at radius 2 is 1.89 bits per heavy atom. The summed E-state index contributed by atoms with van der Waals surface area (Å²) in [5.74, 6) is 0. The number of hydrogen-bond donors (Lipinski definition) is 2. The Labute approximate surface area is 64.4 Å². The maximum absolute atomic E-state index is 8.97. The number of alkyl halides is 2. The van der Waals surface area contributed by atoms with Crippen LogP contribution >= 0.6 is 23.2 Å². The van der Waals surface area contributed by atoms with Crippen molar-refractivity contribution in [2.24, 2.45) is 0 Å². The van der Waals surface area contributed by atoms with Gasteiger partial charge in [0.2, 0.25) is 0 Å². The standard InChI is InChI=1S/C5H10Cl2O2/c1-3(6)5(9)4(7)2-8/h3-5,8-9H,2H2,1H3. The predicted octanol–water partition coefficient (Wildman–Crippen LogP) is 0.574. The fourth-order valence-corrected chi connectivity index (χ4v) is 0.864. The third-order valence-corrected chi connectivity index (χ3v) is 1.67. The predicted molar refractivity (Wildman–Crippen MR) is 38.0 cm³/mol. The quantitative estimate of drug-likeness (QED) is 0.612. The Kier molecular flexibility index (Phi) is 4.58. The molecule has 0 amide bonds. The molecule has 0 fully saturated rings. The van der Waals surface area contributed by atoms with Gasteiger partial charge in [0.15, 0.2) is 0 Å². The molecule has 0 saturated heterocycles. The van der Waals surface area contributed by atoms with Crippen LogP contribution in [0.5, 0.6) is 0 Å². The lowest BCUT2D eigenvalue weighted by atomic mass is 10.2. The van der Waals surface area contributed by atoms with E-state index >= 15 is 0 Å². The molecule has 3 atom stereocenters. The zero-order valence-electron chi connectivity index (χ0n) is 5.09. The Bertz CT molecular complexity index is 77.4. The van der Waals surface area contributed by atoms with Crippen molar-refractivity contribution in [3.8, 4) is 0 Å². The van der Waals surface area contributed by atoms with E-state index in [1.807, 2.05) is 0 Å². The van der Waals surface area contributed by atoms with Gasteiger partial charge in [0.1, 0.15) is 0 Å². The van der Waals surface area contributed by atoms with Crippen molar-refractivity contribution in [2.45, 2.75) is 23.8 Å². The molecule has 0 aliphatic rings. The highest BCUT2D eigenvalue weighted by Gasteiger charge is 2.19. The van der Waals surface area contributed by atoms with E-state index in [0.717, 1.165) is 0 Å². The van der Waals surface area contributed by atoms with E-state index in [-0.39, 0.29) is 6.61 Å². The normalized spacial score (nSPS) is 21.0. The molecule has 0 aliphatic carbocycles. The van der Waals surface area contributed by atoms with Gasteiger partial charge < -0.3 is 10.2 Å². The Balaban J connectivity index is 3.58. The molecule has 0 rings (SSSR count). The van der Waals surface area contributed by atoms with E-state index < -0.39 is 16.9 Å². The minimum Gasteiger partial charge on any atom is -0.395 e. The van der Waals surface area contributed by atoms with Crippen molar-refractivity contribution in [3.63, 3.8) is 0 Å². The Morgan fingerprint density at radius 1 is 1.44 bits per heavy atom. The third-order valence-electron chi connectivity index (χ3n) is 1.02. The molecule has 0 aromatic carbocycles. The molecule has 0 aliphatic heterocycles. The van der Waals surface area contributed by atoms with Crippen LogP contribution in [0.3, 0.4) is 0 Å². The van der Waals surface area contributed by atoms with Gasteiger partial charge in [-0.2, -0.15) is 0 Å². The zero-order valence-corrected chi connectivity index (χ0v) is 6.60. The van der Waals surface area contributed by atoms with Gasteiger partial charge in [0, 0.05) is 0 Å². The lowest BCUT2D eigenvalue weighted by Crippen LogP contribution is -2.31. The molecular formula is C5H10Cl2O2. The highest BCUT2D eigenvalue weighted by Crippen LogP contribution is 2.10. The van der Waals surface area contributed by atoms with Crippen LogP contribution in [0.4, 0.5) is 0 Å². The molecule has 56 valence electrons. The van der Waals surface area contributed by atoms with E-state index in [2.05, 4.69) is 0 Å². The fraction of sp³-hybridized carbons (Fsp3) is 1.00. The lowest BCUT2D eigenvalue weighted by molar-refractivity contribution is 0.137. The summed E-state index contributed by atoms with van der Waals surface area (Å²) in [7, 11) is 0. The summed E-state index contributed by atoms with van der Waals surface area (Å²) >= 11 is 10.9. The maximum Gasteiger partial charge on any atom is 0.0886 e. The number of hydrogen-bond acceptors (Lipinski definition) is 2. The molecule has 0 heterocycles. The van der Waals surface area contributed by atoms with Crippen LogP contribution in [0.15, 0.2) is 0 Å². The van der Waals surface area contributed by atoms with Crippen LogP contribution in [0.25, 0.3) is 0 Å². The van der Waals surface area contributed by atoms with Crippen LogP contribution in [0, 0.1) is 0 Å². The van der Waals surface area contributed by atoms with E-state index in [0.29, 0.717) is 0 Å². The number of rotatable bonds is 3. The number of aliphatic hydroxyl groups is 2. The smallest absolute Gasteiger partial charge is 0.0886 e.